The van der Waals surface area contributed by atoms with Crippen molar-refractivity contribution in [1.29, 1.82) is 0 Å². The fraction of sp³-hybridized carbons (Fsp3) is 0.0625. The monoisotopic (exact) mass is 347 g/mol. The SMILES string of the molecule is O=C(NCc1nc(-c2ccccc2Cl)no1)c1cccc(Cl)c1. The average molecular weight is 348 g/mol. The van der Waals surface area contributed by atoms with E-state index in [2.05, 4.69) is 15.5 Å². The molecule has 116 valence electrons. The Kier molecular flexibility index (Phi) is 4.60. The molecule has 0 fully saturated rings. The fourth-order valence-corrected chi connectivity index (χ4v) is 2.38. The molecule has 0 atom stereocenters. The zero-order valence-electron chi connectivity index (χ0n) is 11.8. The Balaban J connectivity index is 1.68. The first-order valence-electron chi connectivity index (χ1n) is 6.75. The lowest BCUT2D eigenvalue weighted by atomic mass is 10.2. The van der Waals surface area contributed by atoms with Crippen molar-refractivity contribution in [1.82, 2.24) is 15.5 Å². The van der Waals surface area contributed by atoms with E-state index in [0.717, 1.165) is 0 Å². The summed E-state index contributed by atoms with van der Waals surface area (Å²) in [5, 5.41) is 7.59. The van der Waals surface area contributed by atoms with Gasteiger partial charge in [-0.2, -0.15) is 4.98 Å². The predicted octanol–water partition coefficient (Wildman–Crippen LogP) is 3.97. The molecule has 1 heterocycles. The van der Waals surface area contributed by atoms with Gasteiger partial charge in [0.2, 0.25) is 11.7 Å². The standard InChI is InChI=1S/C16H11Cl2N3O2/c17-11-5-3-4-10(8-11)16(22)19-9-14-20-15(21-23-14)12-6-1-2-7-13(12)18/h1-8H,9H2,(H,19,22). The molecule has 5 nitrogen and oxygen atoms in total. The van der Waals surface area contributed by atoms with E-state index in [-0.39, 0.29) is 18.3 Å². The Bertz CT molecular complexity index is 849. The van der Waals surface area contributed by atoms with Gasteiger partial charge in [-0.1, -0.05) is 46.6 Å². The lowest BCUT2D eigenvalue weighted by Gasteiger charge is -2.02. The van der Waals surface area contributed by atoms with Crippen LogP contribution in [0.5, 0.6) is 0 Å². The summed E-state index contributed by atoms with van der Waals surface area (Å²) in [4.78, 5) is 16.2. The molecule has 0 bridgehead atoms. The maximum Gasteiger partial charge on any atom is 0.251 e. The predicted molar refractivity (Wildman–Crippen MR) is 87.4 cm³/mol. The summed E-state index contributed by atoms with van der Waals surface area (Å²) in [6, 6.07) is 13.8. The van der Waals surface area contributed by atoms with Gasteiger partial charge in [0.1, 0.15) is 0 Å². The highest BCUT2D eigenvalue weighted by atomic mass is 35.5. The number of rotatable bonds is 4. The molecule has 0 aliphatic rings. The van der Waals surface area contributed by atoms with Gasteiger partial charge >= 0.3 is 0 Å². The van der Waals surface area contributed by atoms with E-state index in [4.69, 9.17) is 27.7 Å². The molecule has 0 saturated carbocycles. The van der Waals surface area contributed by atoms with Gasteiger partial charge in [0.05, 0.1) is 11.6 Å². The third-order valence-corrected chi connectivity index (χ3v) is 3.63. The van der Waals surface area contributed by atoms with Gasteiger partial charge in [0, 0.05) is 16.1 Å². The first-order valence-corrected chi connectivity index (χ1v) is 7.50. The van der Waals surface area contributed by atoms with Crippen LogP contribution < -0.4 is 5.32 Å². The molecule has 0 aliphatic carbocycles. The van der Waals surface area contributed by atoms with Crippen LogP contribution in [0.4, 0.5) is 0 Å². The van der Waals surface area contributed by atoms with Crippen molar-refractivity contribution in [2.24, 2.45) is 0 Å². The van der Waals surface area contributed by atoms with Crippen molar-refractivity contribution in [2.45, 2.75) is 6.54 Å². The van der Waals surface area contributed by atoms with Crippen molar-refractivity contribution >= 4 is 29.1 Å². The van der Waals surface area contributed by atoms with E-state index in [1.807, 2.05) is 12.1 Å². The molecule has 0 aliphatic heterocycles. The van der Waals surface area contributed by atoms with Crippen molar-refractivity contribution in [3.05, 3.63) is 70.0 Å². The van der Waals surface area contributed by atoms with E-state index in [9.17, 15) is 4.79 Å². The summed E-state index contributed by atoms with van der Waals surface area (Å²) < 4.78 is 5.12. The highest BCUT2D eigenvalue weighted by Gasteiger charge is 2.12. The van der Waals surface area contributed by atoms with Crippen molar-refractivity contribution in [2.75, 3.05) is 0 Å². The maximum atomic E-state index is 12.0. The number of hydrogen-bond acceptors (Lipinski definition) is 4. The smallest absolute Gasteiger partial charge is 0.251 e. The maximum absolute atomic E-state index is 12.0. The van der Waals surface area contributed by atoms with Gasteiger partial charge in [-0.25, -0.2) is 0 Å². The molecule has 1 amide bonds. The lowest BCUT2D eigenvalue weighted by Crippen LogP contribution is -2.22. The number of carbonyl (C=O) groups excluding carboxylic acids is 1. The summed E-state index contributed by atoms with van der Waals surface area (Å²) in [6.07, 6.45) is 0. The van der Waals surface area contributed by atoms with Crippen molar-refractivity contribution in [3.8, 4) is 11.4 Å². The van der Waals surface area contributed by atoms with Gasteiger partial charge in [0.15, 0.2) is 0 Å². The number of nitrogens with zero attached hydrogens (tertiary/aromatic N) is 2. The zero-order valence-corrected chi connectivity index (χ0v) is 13.3. The Labute approximate surface area is 142 Å². The van der Waals surface area contributed by atoms with Crippen LogP contribution >= 0.6 is 23.2 Å². The second kappa shape index (κ2) is 6.81. The average Bonchev–Trinajstić information content (AvgIpc) is 3.02. The van der Waals surface area contributed by atoms with Crippen LogP contribution in [0, 0.1) is 0 Å². The number of aromatic nitrogens is 2. The first kappa shape index (κ1) is 15.5. The van der Waals surface area contributed by atoms with Crippen LogP contribution in [0.25, 0.3) is 11.4 Å². The molecule has 3 rings (SSSR count). The minimum atomic E-state index is -0.273. The Morgan fingerprint density at radius 2 is 1.96 bits per heavy atom. The molecular weight excluding hydrogens is 337 g/mol. The van der Waals surface area contributed by atoms with E-state index >= 15 is 0 Å². The molecule has 1 N–H and O–H groups in total. The third kappa shape index (κ3) is 3.70. The zero-order chi connectivity index (χ0) is 16.2. The normalized spacial score (nSPS) is 10.5. The molecule has 3 aromatic rings. The molecule has 0 spiro atoms. The molecular formula is C16H11Cl2N3O2. The van der Waals surface area contributed by atoms with E-state index in [1.165, 1.54) is 0 Å². The summed E-state index contributed by atoms with van der Waals surface area (Å²) in [7, 11) is 0. The molecule has 7 heteroatoms. The second-order valence-corrected chi connectivity index (χ2v) is 5.53. The Morgan fingerprint density at radius 3 is 2.74 bits per heavy atom. The van der Waals surface area contributed by atoms with Gasteiger partial charge in [-0.3, -0.25) is 4.79 Å². The Hall–Kier alpha value is -2.37. The largest absolute Gasteiger partial charge is 0.343 e. The van der Waals surface area contributed by atoms with Gasteiger partial charge in [0.25, 0.3) is 5.91 Å². The van der Waals surface area contributed by atoms with E-state index in [0.29, 0.717) is 27.0 Å². The third-order valence-electron chi connectivity index (χ3n) is 3.07. The summed E-state index contributed by atoms with van der Waals surface area (Å²) >= 11 is 11.9. The number of carbonyl (C=O) groups is 1. The second-order valence-electron chi connectivity index (χ2n) is 4.68. The van der Waals surface area contributed by atoms with Crippen LogP contribution in [0.2, 0.25) is 10.0 Å². The minimum Gasteiger partial charge on any atom is -0.343 e. The topological polar surface area (TPSA) is 68.0 Å². The van der Waals surface area contributed by atoms with Crippen LogP contribution in [-0.4, -0.2) is 16.0 Å². The van der Waals surface area contributed by atoms with Crippen LogP contribution in [0.3, 0.4) is 0 Å². The first-order chi connectivity index (χ1) is 11.1. The van der Waals surface area contributed by atoms with E-state index in [1.54, 1.807) is 36.4 Å². The number of halogens is 2. The molecule has 1 aromatic heterocycles. The molecule has 0 unspecified atom stereocenters. The van der Waals surface area contributed by atoms with Gasteiger partial charge in [-0.15, -0.1) is 0 Å². The molecule has 2 aromatic carbocycles. The molecule has 23 heavy (non-hydrogen) atoms. The number of amides is 1. The summed E-state index contributed by atoms with van der Waals surface area (Å²) in [6.45, 7) is 0.114. The van der Waals surface area contributed by atoms with E-state index < -0.39 is 0 Å². The molecule has 0 saturated heterocycles. The Morgan fingerprint density at radius 1 is 1.13 bits per heavy atom. The summed E-state index contributed by atoms with van der Waals surface area (Å²) in [5.74, 6) is 0.392. The minimum absolute atomic E-state index is 0.114. The number of hydrogen-bond donors (Lipinski definition) is 1. The van der Waals surface area contributed by atoms with Crippen LogP contribution in [0.1, 0.15) is 16.2 Å². The number of nitrogens with one attached hydrogen (secondary N) is 1. The fourth-order valence-electron chi connectivity index (χ4n) is 1.97. The quantitative estimate of drug-likeness (QED) is 0.775. The van der Waals surface area contributed by atoms with Gasteiger partial charge < -0.3 is 9.84 Å². The summed E-state index contributed by atoms with van der Waals surface area (Å²) in [5.41, 5.74) is 1.13. The lowest BCUT2D eigenvalue weighted by molar-refractivity contribution is 0.0946. The van der Waals surface area contributed by atoms with Crippen LogP contribution in [0.15, 0.2) is 53.1 Å². The number of benzene rings is 2. The van der Waals surface area contributed by atoms with Crippen molar-refractivity contribution in [3.63, 3.8) is 0 Å². The highest BCUT2D eigenvalue weighted by molar-refractivity contribution is 6.33. The van der Waals surface area contributed by atoms with Crippen LogP contribution in [-0.2, 0) is 6.54 Å². The molecule has 0 radical (unpaired) electrons. The van der Waals surface area contributed by atoms with Gasteiger partial charge in [-0.05, 0) is 30.3 Å². The highest BCUT2D eigenvalue weighted by Crippen LogP contribution is 2.24. The van der Waals surface area contributed by atoms with Crippen molar-refractivity contribution < 1.29 is 9.32 Å².